The van der Waals surface area contributed by atoms with Gasteiger partial charge < -0.3 is 9.47 Å². The van der Waals surface area contributed by atoms with Gasteiger partial charge in [0.05, 0.1) is 17.7 Å². The molecule has 1 aliphatic heterocycles. The number of carbonyl (C=O) groups is 2. The minimum Gasteiger partial charge on any atom is -0.345 e. The maximum absolute atomic E-state index is 13.0. The Labute approximate surface area is 167 Å². The van der Waals surface area contributed by atoms with Gasteiger partial charge in [0.1, 0.15) is 5.71 Å². The van der Waals surface area contributed by atoms with E-state index in [0.717, 1.165) is 22.3 Å². The number of aryl methyl sites for hydroxylation is 1. The molecular formula is C21H19ClN4O2. The summed E-state index contributed by atoms with van der Waals surface area (Å²) in [6.45, 7) is 0.481. The molecule has 2 aromatic carbocycles. The number of carbonyl (C=O) groups excluding carboxylic acids is 2. The van der Waals surface area contributed by atoms with Gasteiger partial charge in [-0.2, -0.15) is 5.10 Å². The summed E-state index contributed by atoms with van der Waals surface area (Å²) in [6, 6.07) is 15.1. The first-order valence-corrected chi connectivity index (χ1v) is 9.20. The summed E-state index contributed by atoms with van der Waals surface area (Å²) in [5.74, 6) is -1.24. The first-order chi connectivity index (χ1) is 13.4. The molecule has 0 bridgehead atoms. The zero-order valence-corrected chi connectivity index (χ0v) is 16.6. The molecule has 28 heavy (non-hydrogen) atoms. The van der Waals surface area contributed by atoms with Crippen molar-refractivity contribution in [3.63, 3.8) is 0 Å². The van der Waals surface area contributed by atoms with Crippen LogP contribution in [0.3, 0.4) is 0 Å². The Morgan fingerprint density at radius 1 is 1.11 bits per heavy atom. The molecule has 0 aliphatic carbocycles. The Morgan fingerprint density at radius 3 is 2.50 bits per heavy atom. The second-order valence-corrected chi connectivity index (χ2v) is 7.35. The van der Waals surface area contributed by atoms with E-state index < -0.39 is 11.7 Å². The van der Waals surface area contributed by atoms with Crippen LogP contribution in [0.4, 0.5) is 5.69 Å². The van der Waals surface area contributed by atoms with Crippen LogP contribution >= 0.6 is 11.6 Å². The molecule has 0 atom stereocenters. The first kappa shape index (κ1) is 18.3. The number of rotatable bonds is 3. The molecule has 0 saturated carbocycles. The Kier molecular flexibility index (Phi) is 4.43. The first-order valence-electron chi connectivity index (χ1n) is 8.83. The van der Waals surface area contributed by atoms with Crippen molar-refractivity contribution in [2.75, 3.05) is 19.1 Å². The zero-order valence-electron chi connectivity index (χ0n) is 15.8. The molecule has 142 valence electrons. The smallest absolute Gasteiger partial charge is 0.296 e. The van der Waals surface area contributed by atoms with Crippen LogP contribution in [0.25, 0.3) is 10.9 Å². The number of halogens is 1. The highest BCUT2D eigenvalue weighted by Gasteiger charge is 2.34. The van der Waals surface area contributed by atoms with Crippen LogP contribution in [0.2, 0.25) is 5.02 Å². The van der Waals surface area contributed by atoms with E-state index >= 15 is 0 Å². The number of likely N-dealkylation sites (N-methyl/N-ethyl adjacent to an activating group) is 1. The second kappa shape index (κ2) is 6.80. The summed E-state index contributed by atoms with van der Waals surface area (Å²) >= 11 is 6.19. The Hall–Kier alpha value is -3.12. The molecule has 0 unspecified atom stereocenters. The Morgan fingerprint density at radius 2 is 1.82 bits per heavy atom. The van der Waals surface area contributed by atoms with Gasteiger partial charge in [0.15, 0.2) is 0 Å². The molecule has 1 aromatic heterocycles. The van der Waals surface area contributed by atoms with E-state index in [0.29, 0.717) is 17.1 Å². The average Bonchev–Trinajstić information content (AvgIpc) is 2.98. The summed E-state index contributed by atoms with van der Waals surface area (Å²) < 4.78 is 2.01. The summed E-state index contributed by atoms with van der Waals surface area (Å²) in [5, 5.41) is 7.80. The van der Waals surface area contributed by atoms with E-state index in [9.17, 15) is 9.59 Å². The quantitative estimate of drug-likeness (QED) is 0.641. The van der Waals surface area contributed by atoms with Crippen molar-refractivity contribution in [2.24, 2.45) is 12.1 Å². The molecule has 0 radical (unpaired) electrons. The molecule has 0 fully saturated rings. The molecule has 1 aliphatic rings. The lowest BCUT2D eigenvalue weighted by Gasteiger charge is -2.26. The van der Waals surface area contributed by atoms with E-state index in [-0.39, 0.29) is 5.71 Å². The van der Waals surface area contributed by atoms with E-state index in [1.54, 1.807) is 25.2 Å². The van der Waals surface area contributed by atoms with Crippen molar-refractivity contribution in [1.29, 1.82) is 0 Å². The average molecular weight is 395 g/mol. The van der Waals surface area contributed by atoms with Crippen LogP contribution < -0.4 is 5.01 Å². The van der Waals surface area contributed by atoms with Gasteiger partial charge in [-0.15, -0.1) is 0 Å². The highest BCUT2D eigenvalue weighted by molar-refractivity contribution is 6.69. The molecule has 2 heterocycles. The number of amides is 1. The summed E-state index contributed by atoms with van der Waals surface area (Å²) in [6.07, 6.45) is 0. The number of para-hydroxylation sites is 1. The van der Waals surface area contributed by atoms with Crippen LogP contribution in [0.1, 0.15) is 11.3 Å². The number of fused-ring (bicyclic) bond motifs is 3. The van der Waals surface area contributed by atoms with E-state index in [1.165, 1.54) is 4.90 Å². The predicted octanol–water partition coefficient (Wildman–Crippen LogP) is 3.21. The number of hydrazone groups is 1. The van der Waals surface area contributed by atoms with E-state index in [2.05, 4.69) is 5.10 Å². The largest absolute Gasteiger partial charge is 0.345 e. The van der Waals surface area contributed by atoms with Gasteiger partial charge in [0.2, 0.25) is 0 Å². The molecule has 0 spiro atoms. The third-order valence-corrected chi connectivity index (χ3v) is 5.15. The lowest BCUT2D eigenvalue weighted by Crippen LogP contribution is -2.39. The number of Topliss-reactive ketones (excluding diaryl/α,β-unsaturated/α-hetero) is 1. The van der Waals surface area contributed by atoms with Crippen molar-refractivity contribution in [3.8, 4) is 0 Å². The fourth-order valence-corrected chi connectivity index (χ4v) is 3.64. The number of hydrogen-bond donors (Lipinski definition) is 0. The number of benzene rings is 2. The Bertz CT molecular complexity index is 1130. The highest BCUT2D eigenvalue weighted by atomic mass is 35.5. The summed E-state index contributed by atoms with van der Waals surface area (Å²) in [4.78, 5) is 26.7. The van der Waals surface area contributed by atoms with Gasteiger partial charge in [-0.05, 0) is 24.3 Å². The minimum atomic E-state index is -0.630. The molecule has 3 aromatic rings. The number of ketones is 1. The molecule has 6 nitrogen and oxygen atoms in total. The maximum atomic E-state index is 13.0. The van der Waals surface area contributed by atoms with Gasteiger partial charge in [0.25, 0.3) is 11.7 Å². The summed E-state index contributed by atoms with van der Waals surface area (Å²) in [5.41, 5.74) is 3.49. The fourth-order valence-electron chi connectivity index (χ4n) is 3.47. The van der Waals surface area contributed by atoms with Crippen molar-refractivity contribution in [3.05, 3.63) is 64.8 Å². The Balaban J connectivity index is 1.96. The van der Waals surface area contributed by atoms with Gasteiger partial charge in [-0.1, -0.05) is 35.9 Å². The van der Waals surface area contributed by atoms with Gasteiger partial charge in [-0.3, -0.25) is 14.6 Å². The number of hydrogen-bond acceptors (Lipinski definition) is 4. The van der Waals surface area contributed by atoms with Crippen LogP contribution in [-0.4, -0.2) is 41.0 Å². The number of anilines is 1. The zero-order chi connectivity index (χ0) is 20.0. The van der Waals surface area contributed by atoms with Crippen molar-refractivity contribution < 1.29 is 9.59 Å². The normalized spacial score (nSPS) is 13.3. The van der Waals surface area contributed by atoms with Crippen LogP contribution in [0.5, 0.6) is 0 Å². The number of nitrogens with zero attached hydrogens (tertiary/aromatic N) is 4. The van der Waals surface area contributed by atoms with E-state index in [1.807, 2.05) is 54.1 Å². The molecule has 0 saturated heterocycles. The molecule has 1 amide bonds. The topological polar surface area (TPSA) is 57.9 Å². The minimum absolute atomic E-state index is 0.150. The lowest BCUT2D eigenvalue weighted by atomic mass is 10.00. The lowest BCUT2D eigenvalue weighted by molar-refractivity contribution is -0.139. The molecule has 7 heteroatoms. The molecular weight excluding hydrogens is 376 g/mol. The summed E-state index contributed by atoms with van der Waals surface area (Å²) in [7, 11) is 5.05. The number of aromatic nitrogens is 1. The monoisotopic (exact) mass is 394 g/mol. The SMILES string of the molecule is CN(C)C(=O)C(=O)C1=NN(c2ccccc2)Cc2c1c1ccc(Cl)cc1n2C. The van der Waals surface area contributed by atoms with Crippen LogP contribution in [0, 0.1) is 0 Å². The second-order valence-electron chi connectivity index (χ2n) is 6.91. The van der Waals surface area contributed by atoms with Crippen LogP contribution in [-0.2, 0) is 23.2 Å². The van der Waals surface area contributed by atoms with Gasteiger partial charge >= 0.3 is 0 Å². The third-order valence-electron chi connectivity index (χ3n) is 4.91. The van der Waals surface area contributed by atoms with Gasteiger partial charge in [-0.25, -0.2) is 0 Å². The fraction of sp³-hybridized carbons (Fsp3) is 0.190. The van der Waals surface area contributed by atoms with Crippen LogP contribution in [0.15, 0.2) is 53.6 Å². The third kappa shape index (κ3) is 2.86. The molecule has 4 rings (SSSR count). The van der Waals surface area contributed by atoms with Crippen molar-refractivity contribution in [2.45, 2.75) is 6.54 Å². The maximum Gasteiger partial charge on any atom is 0.296 e. The highest BCUT2D eigenvalue weighted by Crippen LogP contribution is 2.33. The van der Waals surface area contributed by atoms with Gasteiger partial charge in [0, 0.05) is 42.8 Å². The predicted molar refractivity (Wildman–Crippen MR) is 111 cm³/mol. The van der Waals surface area contributed by atoms with Crippen molar-refractivity contribution in [1.82, 2.24) is 9.47 Å². The van der Waals surface area contributed by atoms with Crippen molar-refractivity contribution >= 4 is 45.6 Å². The van der Waals surface area contributed by atoms with E-state index in [4.69, 9.17) is 11.6 Å². The molecule has 0 N–H and O–H groups in total. The standard InChI is InChI=1S/C21H19ClN4O2/c1-24(2)21(28)20(27)19-18-15-10-9-13(22)11-16(15)25(3)17(18)12-26(23-19)14-7-5-4-6-8-14/h4-11H,12H2,1-3H3.